The van der Waals surface area contributed by atoms with Crippen LogP contribution in [0.5, 0.6) is 5.75 Å². The molecule has 1 aliphatic heterocycles. The normalized spacial score (nSPS) is 15.0. The number of carbonyl (C=O) groups excluding carboxylic acids is 1. The first kappa shape index (κ1) is 21.4. The molecule has 1 fully saturated rings. The fraction of sp³-hybridized carbons (Fsp3) is 0.400. The Morgan fingerprint density at radius 2 is 1.97 bits per heavy atom. The number of hydrogen-bond acceptors (Lipinski definition) is 10. The topological polar surface area (TPSA) is 150 Å². The molecule has 1 saturated heterocycles. The van der Waals surface area contributed by atoms with E-state index < -0.39 is 5.91 Å². The van der Waals surface area contributed by atoms with E-state index in [4.69, 9.17) is 10.5 Å². The third-order valence-corrected chi connectivity index (χ3v) is 5.31. The first-order valence-electron chi connectivity index (χ1n) is 10.3. The van der Waals surface area contributed by atoms with Gasteiger partial charge in [0, 0.05) is 6.54 Å². The number of ether oxygens (including phenoxy) is 1. The van der Waals surface area contributed by atoms with Gasteiger partial charge in [0.05, 0.1) is 12.8 Å². The summed E-state index contributed by atoms with van der Waals surface area (Å²) in [6, 6.07) is 7.37. The Kier molecular flexibility index (Phi) is 6.40. The van der Waals surface area contributed by atoms with Gasteiger partial charge in [-0.15, -0.1) is 5.10 Å². The molecule has 32 heavy (non-hydrogen) atoms. The maximum atomic E-state index is 13.2. The highest BCUT2D eigenvalue weighted by Gasteiger charge is 2.26. The Morgan fingerprint density at radius 3 is 2.62 bits per heavy atom. The summed E-state index contributed by atoms with van der Waals surface area (Å²) >= 11 is 0. The van der Waals surface area contributed by atoms with E-state index >= 15 is 0 Å². The lowest BCUT2D eigenvalue weighted by atomic mass is 10.1. The fourth-order valence-electron chi connectivity index (χ4n) is 3.55. The van der Waals surface area contributed by atoms with Crippen LogP contribution in [-0.2, 0) is 6.54 Å². The van der Waals surface area contributed by atoms with Crippen LogP contribution in [0.4, 0.5) is 5.82 Å². The number of carbonyl (C=O) groups is 1. The maximum Gasteiger partial charge on any atom is 0.292 e. The number of piperidine rings is 1. The molecule has 1 amide bonds. The van der Waals surface area contributed by atoms with Crippen molar-refractivity contribution in [3.05, 3.63) is 41.2 Å². The minimum atomic E-state index is -0.489. The fourth-order valence-corrected chi connectivity index (χ4v) is 3.55. The summed E-state index contributed by atoms with van der Waals surface area (Å²) in [5.41, 5.74) is 10.6. The number of hydrogen-bond donors (Lipinski definition) is 2. The molecule has 3 N–H and O–H groups in total. The Morgan fingerprint density at radius 1 is 1.22 bits per heavy atom. The molecule has 0 aliphatic carbocycles. The van der Waals surface area contributed by atoms with Crippen molar-refractivity contribution in [3.8, 4) is 11.6 Å². The van der Waals surface area contributed by atoms with Gasteiger partial charge in [0.15, 0.2) is 5.69 Å². The summed E-state index contributed by atoms with van der Waals surface area (Å²) in [5, 5.41) is 19.9. The first-order chi connectivity index (χ1) is 15.6. The molecular formula is C20H25N9O3. The first-order valence-corrected chi connectivity index (χ1v) is 10.3. The van der Waals surface area contributed by atoms with Gasteiger partial charge in [0.1, 0.15) is 11.4 Å². The summed E-state index contributed by atoms with van der Waals surface area (Å²) in [6.45, 7) is 4.16. The SMILES string of the molecule is COc1ccc(/C(C)=N\NC(=O)c2c(CN3CCCCC3)nnn2-c2nonc2N)cc1. The molecule has 12 nitrogen and oxygen atoms in total. The minimum Gasteiger partial charge on any atom is -0.497 e. The number of aromatic nitrogens is 5. The van der Waals surface area contributed by atoms with Crippen LogP contribution >= 0.6 is 0 Å². The summed E-state index contributed by atoms with van der Waals surface area (Å²) < 4.78 is 11.1. The number of likely N-dealkylation sites (tertiary alicyclic amines) is 1. The average Bonchev–Trinajstić information content (AvgIpc) is 3.43. The Bertz CT molecular complexity index is 1100. The Hall–Kier alpha value is -3.80. The summed E-state index contributed by atoms with van der Waals surface area (Å²) in [7, 11) is 1.60. The molecule has 168 valence electrons. The lowest BCUT2D eigenvalue weighted by Crippen LogP contribution is -2.31. The monoisotopic (exact) mass is 439 g/mol. The van der Waals surface area contributed by atoms with E-state index in [1.54, 1.807) is 14.0 Å². The molecule has 0 radical (unpaired) electrons. The van der Waals surface area contributed by atoms with Crippen LogP contribution in [0.2, 0.25) is 0 Å². The van der Waals surface area contributed by atoms with Gasteiger partial charge in [-0.25, -0.2) is 10.1 Å². The van der Waals surface area contributed by atoms with Gasteiger partial charge in [-0.05, 0) is 73.0 Å². The van der Waals surface area contributed by atoms with Crippen LogP contribution in [0, 0.1) is 0 Å². The van der Waals surface area contributed by atoms with Crippen LogP contribution < -0.4 is 15.9 Å². The van der Waals surface area contributed by atoms with Crippen LogP contribution in [0.1, 0.15) is 47.9 Å². The zero-order valence-electron chi connectivity index (χ0n) is 18.0. The minimum absolute atomic E-state index is 0.00591. The molecule has 0 unspecified atom stereocenters. The van der Waals surface area contributed by atoms with Gasteiger partial charge in [-0.3, -0.25) is 9.69 Å². The lowest BCUT2D eigenvalue weighted by molar-refractivity contribution is 0.0944. The second kappa shape index (κ2) is 9.56. The zero-order chi connectivity index (χ0) is 22.5. The molecule has 12 heteroatoms. The highest BCUT2D eigenvalue weighted by molar-refractivity contribution is 6.00. The molecule has 0 atom stereocenters. The standard InChI is InChI=1S/C20H25N9O3/c1-13(14-6-8-15(31-2)9-7-14)22-24-20(30)17-16(12-28-10-4-3-5-11-28)23-27-29(17)19-18(21)25-32-26-19/h6-9H,3-5,10-12H2,1-2H3,(H2,21,25)(H,24,30)/b22-13-. The Labute approximate surface area is 184 Å². The van der Waals surface area contributed by atoms with E-state index in [9.17, 15) is 4.79 Å². The zero-order valence-corrected chi connectivity index (χ0v) is 18.0. The summed E-state index contributed by atoms with van der Waals surface area (Å²) in [6.07, 6.45) is 3.43. The van der Waals surface area contributed by atoms with Crippen molar-refractivity contribution >= 4 is 17.4 Å². The predicted molar refractivity (Wildman–Crippen MR) is 115 cm³/mol. The number of nitrogen functional groups attached to an aromatic ring is 1. The number of nitrogens with two attached hydrogens (primary N) is 1. The quantitative estimate of drug-likeness (QED) is 0.411. The van der Waals surface area contributed by atoms with E-state index in [-0.39, 0.29) is 17.3 Å². The van der Waals surface area contributed by atoms with Crippen molar-refractivity contribution in [1.82, 2.24) is 35.6 Å². The van der Waals surface area contributed by atoms with E-state index in [2.05, 4.69) is 40.7 Å². The number of benzene rings is 1. The number of amides is 1. The lowest BCUT2D eigenvalue weighted by Gasteiger charge is -2.25. The molecule has 0 bridgehead atoms. The molecule has 4 rings (SSSR count). The van der Waals surface area contributed by atoms with Gasteiger partial charge < -0.3 is 10.5 Å². The summed E-state index contributed by atoms with van der Waals surface area (Å²) in [4.78, 5) is 15.4. The number of nitrogens with one attached hydrogen (secondary N) is 1. The van der Waals surface area contributed by atoms with Crippen molar-refractivity contribution in [2.75, 3.05) is 25.9 Å². The van der Waals surface area contributed by atoms with Crippen LogP contribution in [-0.4, -0.2) is 62.0 Å². The molecule has 1 aromatic carbocycles. The van der Waals surface area contributed by atoms with Crippen molar-refractivity contribution in [2.45, 2.75) is 32.7 Å². The van der Waals surface area contributed by atoms with Crippen LogP contribution in [0.15, 0.2) is 34.0 Å². The molecule has 0 spiro atoms. The van der Waals surface area contributed by atoms with E-state index in [1.165, 1.54) is 11.1 Å². The van der Waals surface area contributed by atoms with Crippen LogP contribution in [0.3, 0.4) is 0 Å². The van der Waals surface area contributed by atoms with Gasteiger partial charge in [0.2, 0.25) is 11.6 Å². The third kappa shape index (κ3) is 4.59. The van der Waals surface area contributed by atoms with Crippen molar-refractivity contribution < 1.29 is 14.2 Å². The number of methoxy groups -OCH3 is 1. The van der Waals surface area contributed by atoms with Crippen molar-refractivity contribution in [3.63, 3.8) is 0 Å². The number of hydrazone groups is 1. The maximum absolute atomic E-state index is 13.2. The number of anilines is 1. The number of nitrogens with zero attached hydrogens (tertiary/aromatic N) is 7. The van der Waals surface area contributed by atoms with Gasteiger partial charge in [0.25, 0.3) is 5.91 Å². The average molecular weight is 439 g/mol. The molecule has 1 aliphatic rings. The summed E-state index contributed by atoms with van der Waals surface area (Å²) in [5.74, 6) is 0.355. The molecule has 2 aromatic heterocycles. The molecule has 3 aromatic rings. The molecular weight excluding hydrogens is 414 g/mol. The van der Waals surface area contributed by atoms with E-state index in [1.807, 2.05) is 24.3 Å². The third-order valence-electron chi connectivity index (χ3n) is 5.31. The van der Waals surface area contributed by atoms with Crippen LogP contribution in [0.25, 0.3) is 5.82 Å². The predicted octanol–water partition coefficient (Wildman–Crippen LogP) is 1.38. The van der Waals surface area contributed by atoms with Gasteiger partial charge in [-0.2, -0.15) is 9.78 Å². The van der Waals surface area contributed by atoms with E-state index in [0.29, 0.717) is 18.0 Å². The second-order valence-electron chi connectivity index (χ2n) is 7.47. The van der Waals surface area contributed by atoms with Gasteiger partial charge >= 0.3 is 0 Å². The second-order valence-corrected chi connectivity index (χ2v) is 7.47. The van der Waals surface area contributed by atoms with Crippen molar-refractivity contribution in [2.24, 2.45) is 5.10 Å². The highest BCUT2D eigenvalue weighted by Crippen LogP contribution is 2.19. The smallest absolute Gasteiger partial charge is 0.292 e. The Balaban J connectivity index is 1.59. The van der Waals surface area contributed by atoms with Crippen molar-refractivity contribution in [1.29, 1.82) is 0 Å². The van der Waals surface area contributed by atoms with Gasteiger partial charge in [-0.1, -0.05) is 11.6 Å². The molecule has 3 heterocycles. The number of rotatable bonds is 7. The highest BCUT2D eigenvalue weighted by atomic mass is 16.6. The van der Waals surface area contributed by atoms with E-state index in [0.717, 1.165) is 37.2 Å². The largest absolute Gasteiger partial charge is 0.497 e. The molecule has 0 saturated carbocycles.